The Morgan fingerprint density at radius 3 is 1.76 bits per heavy atom. The highest BCUT2D eigenvalue weighted by molar-refractivity contribution is 7.00. The second kappa shape index (κ2) is 13.9. The van der Waals surface area contributed by atoms with Crippen LogP contribution in [0.15, 0.2) is 182 Å². The van der Waals surface area contributed by atoms with Crippen LogP contribution >= 0.6 is 0 Å². The first-order valence-corrected chi connectivity index (χ1v) is 22.5. The molecule has 2 unspecified atom stereocenters. The molecule has 1 aliphatic carbocycles. The number of rotatable bonds is 6. The van der Waals surface area contributed by atoms with Crippen molar-refractivity contribution in [1.82, 2.24) is 0 Å². The Morgan fingerprint density at radius 1 is 0.484 bits per heavy atom. The lowest BCUT2D eigenvalue weighted by Gasteiger charge is -2.53. The lowest BCUT2D eigenvalue weighted by atomic mass is 9.33. The molecule has 0 bridgehead atoms. The fourth-order valence-electron chi connectivity index (χ4n) is 11.8. The molecule has 4 aliphatic rings. The summed E-state index contributed by atoms with van der Waals surface area (Å²) in [7, 11) is 0. The fourth-order valence-corrected chi connectivity index (χ4v) is 11.8. The first-order chi connectivity index (χ1) is 30.3. The summed E-state index contributed by atoms with van der Waals surface area (Å²) >= 11 is 0. The SMILES string of the molecule is Cc1ccc(N(c2ccc(C)cc2)c2cc3c4c(c2)N2c5c(cccc5C5(C)CCCCC25C)B4c2ccc(-c4ccccc4)cc2N3c2cccc(-c3ccccc3)c2)cc1. The third-order valence-corrected chi connectivity index (χ3v) is 15.1. The van der Waals surface area contributed by atoms with E-state index in [0.717, 1.165) is 29.2 Å². The molecule has 300 valence electrons. The van der Waals surface area contributed by atoms with Gasteiger partial charge in [-0.05, 0) is 132 Å². The van der Waals surface area contributed by atoms with Gasteiger partial charge in [0.1, 0.15) is 0 Å². The molecule has 2 atom stereocenters. The molecule has 0 N–H and O–H groups in total. The normalized spacial score (nSPS) is 19.1. The summed E-state index contributed by atoms with van der Waals surface area (Å²) < 4.78 is 0. The highest BCUT2D eigenvalue weighted by Gasteiger charge is 2.61. The molecule has 12 rings (SSSR count). The van der Waals surface area contributed by atoms with Gasteiger partial charge in [-0.2, -0.15) is 0 Å². The van der Waals surface area contributed by atoms with Crippen molar-refractivity contribution >= 4 is 68.6 Å². The van der Waals surface area contributed by atoms with E-state index in [9.17, 15) is 0 Å². The van der Waals surface area contributed by atoms with Crippen molar-refractivity contribution in [1.29, 1.82) is 0 Å². The van der Waals surface area contributed by atoms with E-state index in [-0.39, 0.29) is 17.7 Å². The lowest BCUT2D eigenvalue weighted by molar-refractivity contribution is 0.195. The van der Waals surface area contributed by atoms with Gasteiger partial charge in [-0.25, -0.2) is 0 Å². The van der Waals surface area contributed by atoms with Crippen LogP contribution in [-0.2, 0) is 5.41 Å². The molecule has 8 aromatic carbocycles. The van der Waals surface area contributed by atoms with Crippen LogP contribution in [0.25, 0.3) is 22.3 Å². The molecule has 1 saturated carbocycles. The monoisotopic (exact) mass is 799 g/mol. The summed E-state index contributed by atoms with van der Waals surface area (Å²) in [6.07, 6.45) is 4.84. The maximum atomic E-state index is 2.85. The van der Waals surface area contributed by atoms with Gasteiger partial charge >= 0.3 is 0 Å². The van der Waals surface area contributed by atoms with E-state index in [1.165, 1.54) is 97.3 Å². The predicted molar refractivity (Wildman–Crippen MR) is 264 cm³/mol. The Morgan fingerprint density at radius 2 is 1.08 bits per heavy atom. The smallest absolute Gasteiger partial charge is 0.252 e. The Balaban J connectivity index is 1.20. The average Bonchev–Trinajstić information content (AvgIpc) is 3.53. The second-order valence-corrected chi connectivity index (χ2v) is 18.6. The van der Waals surface area contributed by atoms with Crippen LogP contribution < -0.4 is 31.1 Å². The van der Waals surface area contributed by atoms with Gasteiger partial charge in [0, 0.05) is 45.2 Å². The van der Waals surface area contributed by atoms with Crippen molar-refractivity contribution in [2.24, 2.45) is 0 Å². The van der Waals surface area contributed by atoms with E-state index in [0.29, 0.717) is 0 Å². The van der Waals surface area contributed by atoms with Gasteiger partial charge in [-0.15, -0.1) is 0 Å². The van der Waals surface area contributed by atoms with Crippen molar-refractivity contribution in [3.63, 3.8) is 0 Å². The van der Waals surface area contributed by atoms with E-state index in [1.54, 1.807) is 0 Å². The van der Waals surface area contributed by atoms with E-state index in [2.05, 4.69) is 224 Å². The van der Waals surface area contributed by atoms with E-state index in [1.807, 2.05) is 0 Å². The van der Waals surface area contributed by atoms with Crippen molar-refractivity contribution in [2.45, 2.75) is 64.3 Å². The van der Waals surface area contributed by atoms with E-state index < -0.39 is 0 Å². The van der Waals surface area contributed by atoms with Crippen molar-refractivity contribution in [3.05, 3.63) is 199 Å². The van der Waals surface area contributed by atoms with Crippen LogP contribution in [0.2, 0.25) is 0 Å². The Labute approximate surface area is 367 Å². The maximum absolute atomic E-state index is 2.85. The van der Waals surface area contributed by atoms with Crippen LogP contribution in [0, 0.1) is 13.8 Å². The standard InChI is InChI=1S/C58H50BN3/c1-39-23-28-45(29-24-39)60(46-30-25-40(2)26-31-46)48-37-53-55-54(38-48)62-56-49(57(3)33-11-12-34-58(57,62)4)21-14-22-51(56)59(55)50-32-27-44(42-17-9-6-10-18-42)36-52(50)61(53)47-20-13-19-43(35-47)41-15-7-5-8-16-41/h5-10,13-32,35-38H,11-12,33-34H2,1-4H3. The van der Waals surface area contributed by atoms with Gasteiger partial charge in [0.2, 0.25) is 0 Å². The summed E-state index contributed by atoms with van der Waals surface area (Å²) in [5.74, 6) is 0. The Kier molecular flexibility index (Phi) is 8.28. The minimum absolute atomic E-state index is 0.0181. The Bertz CT molecular complexity index is 2990. The third kappa shape index (κ3) is 5.38. The first-order valence-electron chi connectivity index (χ1n) is 22.5. The topological polar surface area (TPSA) is 9.72 Å². The first kappa shape index (κ1) is 37.0. The molecule has 0 radical (unpaired) electrons. The molecule has 0 amide bonds. The number of hydrogen-bond donors (Lipinski definition) is 0. The van der Waals surface area contributed by atoms with Gasteiger partial charge in [0.05, 0.1) is 11.2 Å². The Hall–Kier alpha value is -6.78. The van der Waals surface area contributed by atoms with Gasteiger partial charge in [-0.1, -0.05) is 158 Å². The van der Waals surface area contributed by atoms with Crippen LogP contribution in [-0.4, -0.2) is 12.3 Å². The number of benzene rings is 8. The molecular weight excluding hydrogens is 749 g/mol. The minimum Gasteiger partial charge on any atom is -0.335 e. The molecule has 3 nitrogen and oxygen atoms in total. The highest BCUT2D eigenvalue weighted by atomic mass is 15.3. The van der Waals surface area contributed by atoms with Crippen LogP contribution in [0.5, 0.6) is 0 Å². The molecular formula is C58H50BN3. The summed E-state index contributed by atoms with van der Waals surface area (Å²) in [4.78, 5) is 7.93. The molecule has 0 saturated heterocycles. The quantitative estimate of drug-likeness (QED) is 0.155. The van der Waals surface area contributed by atoms with Gasteiger partial charge in [0.25, 0.3) is 6.71 Å². The minimum atomic E-state index is -0.0882. The average molecular weight is 800 g/mol. The number of nitrogens with zero attached hydrogens (tertiary/aromatic N) is 3. The summed E-state index contributed by atoms with van der Waals surface area (Å²) in [5, 5.41) is 0. The number of hydrogen-bond acceptors (Lipinski definition) is 3. The van der Waals surface area contributed by atoms with Gasteiger partial charge in [0.15, 0.2) is 0 Å². The summed E-state index contributed by atoms with van der Waals surface area (Å²) in [6.45, 7) is 9.57. The van der Waals surface area contributed by atoms with Crippen LogP contribution in [0.1, 0.15) is 56.2 Å². The molecule has 3 aliphatic heterocycles. The van der Waals surface area contributed by atoms with Gasteiger partial charge < -0.3 is 14.7 Å². The largest absolute Gasteiger partial charge is 0.335 e. The summed E-state index contributed by atoms with van der Waals surface area (Å²) in [6, 6.07) is 68.6. The highest BCUT2D eigenvalue weighted by Crippen LogP contribution is 2.62. The summed E-state index contributed by atoms with van der Waals surface area (Å²) in [5.41, 5.74) is 22.8. The molecule has 8 aromatic rings. The van der Waals surface area contributed by atoms with Crippen LogP contribution in [0.4, 0.5) is 45.5 Å². The predicted octanol–water partition coefficient (Wildman–Crippen LogP) is 13.5. The van der Waals surface area contributed by atoms with Crippen molar-refractivity contribution in [2.75, 3.05) is 14.7 Å². The molecule has 62 heavy (non-hydrogen) atoms. The molecule has 4 heteroatoms. The molecule has 0 spiro atoms. The zero-order valence-corrected chi connectivity index (χ0v) is 36.1. The van der Waals surface area contributed by atoms with Crippen LogP contribution in [0.3, 0.4) is 0 Å². The number of para-hydroxylation sites is 1. The van der Waals surface area contributed by atoms with E-state index in [4.69, 9.17) is 0 Å². The molecule has 3 heterocycles. The fraction of sp³-hybridized carbons (Fsp3) is 0.172. The van der Waals surface area contributed by atoms with Gasteiger partial charge in [-0.3, -0.25) is 0 Å². The zero-order chi connectivity index (χ0) is 41.7. The number of aryl methyl sites for hydroxylation is 2. The zero-order valence-electron chi connectivity index (χ0n) is 36.1. The third-order valence-electron chi connectivity index (χ3n) is 15.1. The molecule has 1 fully saturated rings. The number of fused-ring (bicyclic) bond motifs is 7. The lowest BCUT2D eigenvalue weighted by Crippen LogP contribution is -2.64. The molecule has 0 aromatic heterocycles. The van der Waals surface area contributed by atoms with Crippen molar-refractivity contribution in [3.8, 4) is 22.3 Å². The van der Waals surface area contributed by atoms with E-state index >= 15 is 0 Å². The second-order valence-electron chi connectivity index (χ2n) is 18.6. The maximum Gasteiger partial charge on any atom is 0.252 e. The van der Waals surface area contributed by atoms with Crippen molar-refractivity contribution < 1.29 is 0 Å². The number of anilines is 8.